The van der Waals surface area contributed by atoms with Crippen LogP contribution in [0, 0.1) is 4.77 Å². The van der Waals surface area contributed by atoms with Gasteiger partial charge < -0.3 is 0 Å². The number of aromatic nitrogens is 3. The Morgan fingerprint density at radius 2 is 1.59 bits per heavy atom. The topological polar surface area (TPSA) is 46.0 Å². The summed E-state index contributed by atoms with van der Waals surface area (Å²) in [6, 6.07) is 26.3. The number of hydrogen-bond acceptors (Lipinski definition) is 3. The molecule has 5 aromatic rings. The summed E-state index contributed by atoms with van der Waals surface area (Å²) in [5, 5.41) is 17.1. The van der Waals surface area contributed by atoms with E-state index in [2.05, 4.69) is 40.5 Å². The van der Waals surface area contributed by atoms with Crippen molar-refractivity contribution >= 4 is 51.6 Å². The number of halogens is 1. The minimum Gasteiger partial charge on any atom is -0.250 e. The van der Waals surface area contributed by atoms with Crippen LogP contribution in [0.15, 0.2) is 84.0 Å². The van der Waals surface area contributed by atoms with Gasteiger partial charge in [-0.15, -0.1) is 0 Å². The Morgan fingerprint density at radius 3 is 2.28 bits per heavy atom. The number of benzene rings is 4. The third kappa shape index (κ3) is 3.24. The molecule has 0 unspecified atom stereocenters. The van der Waals surface area contributed by atoms with Crippen LogP contribution in [0.4, 0.5) is 0 Å². The minimum absolute atomic E-state index is 0.417. The van der Waals surface area contributed by atoms with Crippen LogP contribution in [0.5, 0.6) is 0 Å². The van der Waals surface area contributed by atoms with E-state index in [4.69, 9.17) is 28.9 Å². The highest BCUT2D eigenvalue weighted by molar-refractivity contribution is 7.71. The zero-order valence-electron chi connectivity index (χ0n) is 15.2. The van der Waals surface area contributed by atoms with Gasteiger partial charge in [0.2, 0.25) is 4.77 Å². The van der Waals surface area contributed by atoms with Crippen molar-refractivity contribution in [2.24, 2.45) is 5.10 Å². The van der Waals surface area contributed by atoms with E-state index in [1.807, 2.05) is 54.7 Å². The van der Waals surface area contributed by atoms with Gasteiger partial charge in [0.1, 0.15) is 0 Å². The molecule has 0 aliphatic carbocycles. The number of fused-ring (bicyclic) bond motifs is 2. The molecule has 0 saturated carbocycles. The summed E-state index contributed by atoms with van der Waals surface area (Å²) in [7, 11) is 0. The zero-order valence-corrected chi connectivity index (χ0v) is 16.8. The molecule has 6 heteroatoms. The summed E-state index contributed by atoms with van der Waals surface area (Å²) in [6.07, 6.45) is 1.85. The van der Waals surface area contributed by atoms with E-state index >= 15 is 0 Å². The maximum atomic E-state index is 6.15. The number of aromatic amines is 1. The summed E-state index contributed by atoms with van der Waals surface area (Å²) in [6.45, 7) is 0. The average Bonchev–Trinajstić information content (AvgIpc) is 3.11. The molecule has 0 radical (unpaired) electrons. The number of H-pyrrole nitrogens is 1. The lowest BCUT2D eigenvalue weighted by Gasteiger charge is -2.08. The molecular weight excluding hydrogens is 400 g/mol. The van der Waals surface area contributed by atoms with E-state index in [9.17, 15) is 0 Å². The Kier molecular flexibility index (Phi) is 4.46. The van der Waals surface area contributed by atoms with Gasteiger partial charge in [-0.1, -0.05) is 72.3 Å². The lowest BCUT2D eigenvalue weighted by Crippen LogP contribution is -1.96. The van der Waals surface area contributed by atoms with Crippen molar-refractivity contribution in [2.45, 2.75) is 0 Å². The number of rotatable bonds is 3. The van der Waals surface area contributed by atoms with Crippen LogP contribution in [0.25, 0.3) is 32.9 Å². The highest BCUT2D eigenvalue weighted by Gasteiger charge is 2.10. The maximum Gasteiger partial charge on any atom is 0.216 e. The van der Waals surface area contributed by atoms with Gasteiger partial charge in [0.15, 0.2) is 5.82 Å². The van der Waals surface area contributed by atoms with Crippen LogP contribution >= 0.6 is 23.8 Å². The molecule has 140 valence electrons. The second-order valence-corrected chi connectivity index (χ2v) is 7.47. The molecule has 1 aromatic heterocycles. The van der Waals surface area contributed by atoms with Gasteiger partial charge in [0.25, 0.3) is 0 Å². The maximum absolute atomic E-state index is 6.15. The predicted octanol–water partition coefficient (Wildman–Crippen LogP) is 6.45. The van der Waals surface area contributed by atoms with Crippen molar-refractivity contribution < 1.29 is 0 Å². The van der Waals surface area contributed by atoms with Crippen molar-refractivity contribution in [2.75, 3.05) is 0 Å². The monoisotopic (exact) mass is 414 g/mol. The standard InChI is InChI=1S/C23H15ClN4S/c24-18-9-5-8-17(13-18)22-26-27-23(29)28(22)25-14-21-19-10-3-1-6-15(19)12-16-7-2-4-11-20(16)21/h1-14H,(H,27,29)/b25-14-. The van der Waals surface area contributed by atoms with Crippen molar-refractivity contribution in [1.82, 2.24) is 14.9 Å². The molecule has 0 fully saturated rings. The average molecular weight is 415 g/mol. The Bertz CT molecular complexity index is 1390. The fraction of sp³-hybridized carbons (Fsp3) is 0. The van der Waals surface area contributed by atoms with E-state index in [1.54, 1.807) is 4.68 Å². The van der Waals surface area contributed by atoms with Crippen LogP contribution in [-0.4, -0.2) is 21.1 Å². The summed E-state index contributed by atoms with van der Waals surface area (Å²) in [5.74, 6) is 0.610. The number of nitrogens with one attached hydrogen (secondary N) is 1. The highest BCUT2D eigenvalue weighted by Crippen LogP contribution is 2.27. The van der Waals surface area contributed by atoms with Crippen LogP contribution in [0.3, 0.4) is 0 Å². The first kappa shape index (κ1) is 17.8. The Balaban J connectivity index is 1.71. The van der Waals surface area contributed by atoms with Crippen molar-refractivity contribution in [3.63, 3.8) is 0 Å². The third-order valence-electron chi connectivity index (χ3n) is 4.85. The molecule has 4 aromatic carbocycles. The molecule has 1 heterocycles. The van der Waals surface area contributed by atoms with Crippen LogP contribution in [0.2, 0.25) is 5.02 Å². The van der Waals surface area contributed by atoms with E-state index in [0.717, 1.165) is 21.9 Å². The molecule has 0 atom stereocenters. The van der Waals surface area contributed by atoms with Gasteiger partial charge in [-0.25, -0.2) is 5.10 Å². The van der Waals surface area contributed by atoms with Crippen molar-refractivity contribution in [1.29, 1.82) is 0 Å². The largest absolute Gasteiger partial charge is 0.250 e. The van der Waals surface area contributed by atoms with Gasteiger partial charge in [0, 0.05) is 16.1 Å². The highest BCUT2D eigenvalue weighted by atomic mass is 35.5. The first-order chi connectivity index (χ1) is 14.2. The summed E-state index contributed by atoms with van der Waals surface area (Å²) in [5.41, 5.74) is 1.88. The van der Waals surface area contributed by atoms with E-state index in [-0.39, 0.29) is 0 Å². The van der Waals surface area contributed by atoms with E-state index in [1.165, 1.54) is 10.8 Å². The minimum atomic E-state index is 0.417. The molecule has 0 spiro atoms. The molecule has 5 rings (SSSR count). The van der Waals surface area contributed by atoms with Crippen LogP contribution in [-0.2, 0) is 0 Å². The Morgan fingerprint density at radius 1 is 0.897 bits per heavy atom. The summed E-state index contributed by atoms with van der Waals surface area (Å²) in [4.78, 5) is 0. The Labute approximate surface area is 177 Å². The second-order valence-electron chi connectivity index (χ2n) is 6.65. The lowest BCUT2D eigenvalue weighted by molar-refractivity contribution is 0.872. The fourth-order valence-corrected chi connectivity index (χ4v) is 3.89. The number of nitrogens with zero attached hydrogens (tertiary/aromatic N) is 3. The fourth-order valence-electron chi connectivity index (χ4n) is 3.52. The molecule has 4 nitrogen and oxygen atoms in total. The molecular formula is C23H15ClN4S. The smallest absolute Gasteiger partial charge is 0.216 e. The van der Waals surface area contributed by atoms with Crippen LogP contribution in [0.1, 0.15) is 5.56 Å². The molecule has 0 aliphatic heterocycles. The zero-order chi connectivity index (χ0) is 19.8. The second kappa shape index (κ2) is 7.28. The molecule has 1 N–H and O–H groups in total. The molecule has 0 amide bonds. The first-order valence-electron chi connectivity index (χ1n) is 9.09. The quantitative estimate of drug-likeness (QED) is 0.209. The molecule has 29 heavy (non-hydrogen) atoms. The van der Waals surface area contributed by atoms with Gasteiger partial charge in [-0.3, -0.25) is 0 Å². The van der Waals surface area contributed by atoms with E-state index in [0.29, 0.717) is 15.6 Å². The first-order valence-corrected chi connectivity index (χ1v) is 9.87. The molecule has 0 bridgehead atoms. The van der Waals surface area contributed by atoms with Gasteiger partial charge in [0.05, 0.1) is 6.21 Å². The summed E-state index contributed by atoms with van der Waals surface area (Å²) < 4.78 is 2.04. The van der Waals surface area contributed by atoms with Gasteiger partial charge >= 0.3 is 0 Å². The van der Waals surface area contributed by atoms with Crippen molar-refractivity contribution in [3.05, 3.63) is 94.2 Å². The Hall–Kier alpha value is -3.28. The normalized spacial score (nSPS) is 11.6. The predicted molar refractivity (Wildman–Crippen MR) is 122 cm³/mol. The van der Waals surface area contributed by atoms with Gasteiger partial charge in [-0.2, -0.15) is 14.9 Å². The molecule has 0 saturated heterocycles. The SMILES string of the molecule is S=c1[nH]nc(-c2cccc(Cl)c2)n1/N=C\c1c2ccccc2cc2ccccc12. The van der Waals surface area contributed by atoms with E-state index < -0.39 is 0 Å². The van der Waals surface area contributed by atoms with Crippen molar-refractivity contribution in [3.8, 4) is 11.4 Å². The number of hydrogen-bond donors (Lipinski definition) is 1. The van der Waals surface area contributed by atoms with Gasteiger partial charge in [-0.05, 0) is 52.0 Å². The third-order valence-corrected chi connectivity index (χ3v) is 5.35. The molecule has 0 aliphatic rings. The summed E-state index contributed by atoms with van der Waals surface area (Å²) >= 11 is 11.6. The van der Waals surface area contributed by atoms with Crippen LogP contribution < -0.4 is 0 Å². The lowest BCUT2D eigenvalue weighted by atomic mass is 9.97.